The van der Waals surface area contributed by atoms with Gasteiger partial charge in [0.05, 0.1) is 6.04 Å². The number of rotatable bonds is 18. The number of hydrogen-bond acceptors (Lipinski definition) is 6. The molecule has 1 aromatic rings. The predicted octanol–water partition coefficient (Wildman–Crippen LogP) is 3.86. The van der Waals surface area contributed by atoms with Crippen LogP contribution in [0.25, 0.3) is 0 Å². The van der Waals surface area contributed by atoms with E-state index >= 15 is 0 Å². The molecule has 1 aromatic carbocycles. The Morgan fingerprint density at radius 2 is 1.55 bits per heavy atom. The summed E-state index contributed by atoms with van der Waals surface area (Å²) in [5, 5.41) is 8.27. The van der Waals surface area contributed by atoms with Crippen LogP contribution in [0.15, 0.2) is 36.4 Å². The van der Waals surface area contributed by atoms with Gasteiger partial charge >= 0.3 is 6.03 Å². The number of amides is 6. The third kappa shape index (κ3) is 13.1. The first-order chi connectivity index (χ1) is 20.7. The Bertz CT molecular complexity index is 1180. The number of hydrogen-bond donors (Lipinski definition) is 4. The summed E-state index contributed by atoms with van der Waals surface area (Å²) < 4.78 is 0. The van der Waals surface area contributed by atoms with Gasteiger partial charge in [-0.3, -0.25) is 28.9 Å². The molecule has 1 aliphatic rings. The van der Waals surface area contributed by atoms with Crippen LogP contribution in [0.1, 0.15) is 85.1 Å². The molecule has 0 radical (unpaired) electrons. The van der Waals surface area contributed by atoms with Gasteiger partial charge in [-0.25, -0.2) is 4.79 Å². The third-order valence-electron chi connectivity index (χ3n) is 7.32. The molecule has 242 valence electrons. The second kappa shape index (κ2) is 17.3. The molecular weight excluding hydrogens is 562 g/mol. The van der Waals surface area contributed by atoms with Gasteiger partial charge in [-0.15, -0.1) is 0 Å². The number of anilines is 1. The van der Waals surface area contributed by atoms with Crippen LogP contribution in [-0.2, 0) is 30.4 Å². The van der Waals surface area contributed by atoms with E-state index < -0.39 is 18.0 Å². The molecule has 0 aromatic heterocycles. The van der Waals surface area contributed by atoms with Gasteiger partial charge in [0.15, 0.2) is 5.78 Å². The fourth-order valence-corrected chi connectivity index (χ4v) is 5.07. The predicted molar refractivity (Wildman–Crippen MR) is 169 cm³/mol. The van der Waals surface area contributed by atoms with Crippen molar-refractivity contribution in [3.8, 4) is 0 Å². The summed E-state index contributed by atoms with van der Waals surface area (Å²) >= 11 is 0. The molecule has 11 nitrogen and oxygen atoms in total. The van der Waals surface area contributed by atoms with Crippen LogP contribution >= 0.6 is 0 Å². The summed E-state index contributed by atoms with van der Waals surface area (Å²) in [4.78, 5) is 75.0. The number of benzene rings is 1. The molecule has 0 saturated heterocycles. The van der Waals surface area contributed by atoms with Crippen molar-refractivity contribution in [3.05, 3.63) is 42.0 Å². The number of urea groups is 1. The van der Waals surface area contributed by atoms with E-state index in [0.29, 0.717) is 44.3 Å². The maximum absolute atomic E-state index is 13.4. The van der Waals surface area contributed by atoms with E-state index in [0.717, 1.165) is 12.0 Å². The van der Waals surface area contributed by atoms with Gasteiger partial charge in [0, 0.05) is 49.7 Å². The minimum absolute atomic E-state index is 0.0699. The minimum atomic E-state index is -0.760. The van der Waals surface area contributed by atoms with E-state index in [1.165, 1.54) is 17.1 Å². The largest absolute Gasteiger partial charge is 0.352 e. The van der Waals surface area contributed by atoms with Crippen molar-refractivity contribution < 1.29 is 28.8 Å². The topological polar surface area (TPSA) is 168 Å². The van der Waals surface area contributed by atoms with Crippen molar-refractivity contribution in [2.45, 2.75) is 92.0 Å². The van der Waals surface area contributed by atoms with Crippen molar-refractivity contribution in [3.63, 3.8) is 0 Å². The van der Waals surface area contributed by atoms with E-state index in [1.807, 2.05) is 38.1 Å². The average molecular weight is 612 g/mol. The molecule has 0 unspecified atom stereocenters. The second-order valence-electron chi connectivity index (χ2n) is 13.0. The summed E-state index contributed by atoms with van der Waals surface area (Å²) in [7, 11) is 0. The first kappa shape index (κ1) is 36.2. The summed E-state index contributed by atoms with van der Waals surface area (Å²) in [5.74, 6) is -2.33. The van der Waals surface area contributed by atoms with Crippen molar-refractivity contribution in [1.82, 2.24) is 15.5 Å². The number of Topliss-reactive ketones (excluding diaryl/α,β-unsaturated/α-hetero) is 1. The molecule has 0 saturated carbocycles. The number of imide groups is 1. The Hall–Kier alpha value is -4.02. The van der Waals surface area contributed by atoms with Gasteiger partial charge in [0.1, 0.15) is 0 Å². The Morgan fingerprint density at radius 3 is 2.11 bits per heavy atom. The van der Waals surface area contributed by atoms with Gasteiger partial charge in [0.25, 0.3) is 11.8 Å². The van der Waals surface area contributed by atoms with Gasteiger partial charge < -0.3 is 21.7 Å². The number of nitrogens with zero attached hydrogens (tertiary/aromatic N) is 1. The molecule has 0 fully saturated rings. The van der Waals surface area contributed by atoms with Crippen LogP contribution in [0.2, 0.25) is 0 Å². The molecule has 5 N–H and O–H groups in total. The maximum atomic E-state index is 13.4. The quantitative estimate of drug-likeness (QED) is 0.145. The normalized spacial score (nSPS) is 14.5. The smallest absolute Gasteiger partial charge is 0.312 e. The highest BCUT2D eigenvalue weighted by molar-refractivity contribution is 6.12. The Morgan fingerprint density at radius 1 is 0.909 bits per heavy atom. The van der Waals surface area contributed by atoms with E-state index in [9.17, 15) is 28.8 Å². The highest BCUT2D eigenvalue weighted by Gasteiger charge is 2.29. The van der Waals surface area contributed by atoms with E-state index in [-0.39, 0.29) is 60.1 Å². The Kier molecular flexibility index (Phi) is 14.2. The summed E-state index contributed by atoms with van der Waals surface area (Å²) in [6, 6.07) is 6.23. The van der Waals surface area contributed by atoms with Gasteiger partial charge in [0.2, 0.25) is 11.8 Å². The highest BCUT2D eigenvalue weighted by atomic mass is 16.2. The number of unbranched alkanes of at least 4 members (excludes halogenated alkanes) is 2. The monoisotopic (exact) mass is 611 g/mol. The molecule has 1 aliphatic heterocycles. The summed E-state index contributed by atoms with van der Waals surface area (Å²) in [6.45, 7) is 10.7. The zero-order valence-corrected chi connectivity index (χ0v) is 26.7. The number of carbonyl (C=O) groups is 6. The number of nitrogens with two attached hydrogens (primary N) is 1. The van der Waals surface area contributed by atoms with E-state index in [1.54, 1.807) is 0 Å². The van der Waals surface area contributed by atoms with Gasteiger partial charge in [-0.1, -0.05) is 53.2 Å². The van der Waals surface area contributed by atoms with Crippen molar-refractivity contribution >= 4 is 41.1 Å². The number of ketones is 1. The molecule has 0 spiro atoms. The molecule has 2 rings (SSSR count). The van der Waals surface area contributed by atoms with Crippen LogP contribution < -0.4 is 21.7 Å². The minimum Gasteiger partial charge on any atom is -0.352 e. The zero-order valence-electron chi connectivity index (χ0n) is 26.7. The maximum Gasteiger partial charge on any atom is 0.312 e. The van der Waals surface area contributed by atoms with Crippen LogP contribution in [0.5, 0.6) is 0 Å². The fraction of sp³-hybridized carbons (Fsp3) is 0.576. The first-order valence-corrected chi connectivity index (χ1v) is 15.4. The second-order valence-corrected chi connectivity index (χ2v) is 13.0. The highest BCUT2D eigenvalue weighted by Crippen LogP contribution is 2.23. The molecule has 6 amide bonds. The number of primary amides is 1. The average Bonchev–Trinajstić information content (AvgIpc) is 3.25. The van der Waals surface area contributed by atoms with Crippen molar-refractivity contribution in [2.24, 2.45) is 23.0 Å². The molecule has 0 bridgehead atoms. The molecule has 11 heteroatoms. The van der Waals surface area contributed by atoms with Crippen LogP contribution in [-0.4, -0.2) is 59.5 Å². The van der Waals surface area contributed by atoms with Gasteiger partial charge in [-0.05, 0) is 61.1 Å². The van der Waals surface area contributed by atoms with E-state index in [4.69, 9.17) is 5.73 Å². The third-order valence-corrected chi connectivity index (χ3v) is 7.32. The first-order valence-electron chi connectivity index (χ1n) is 15.4. The fourth-order valence-electron chi connectivity index (χ4n) is 5.07. The van der Waals surface area contributed by atoms with Crippen molar-refractivity contribution in [1.29, 1.82) is 0 Å². The molecule has 2 atom stereocenters. The van der Waals surface area contributed by atoms with Crippen molar-refractivity contribution in [2.75, 3.05) is 18.4 Å². The lowest BCUT2D eigenvalue weighted by Gasteiger charge is -2.24. The Labute approximate surface area is 260 Å². The standard InChI is InChI=1S/C33H49N5O6/c1-22(2)30(37-27(40)11-7-6-8-19-38-28(41)16-17-29(38)42)26(39)20-24(10-9-18-35-32(34)44)31(43)36-25-14-12-23(13-15-25)21-33(3,4)5/h12-17,22,24,30H,6-11,18-21H2,1-5H3,(H,36,43)(H,37,40)(H3,34,35,44)/t24-,30+/m1/s1. The van der Waals surface area contributed by atoms with Crippen LogP contribution in [0.3, 0.4) is 0 Å². The number of nitrogens with one attached hydrogen (secondary N) is 3. The lowest BCUT2D eigenvalue weighted by atomic mass is 9.88. The van der Waals surface area contributed by atoms with Crippen LogP contribution in [0, 0.1) is 17.3 Å². The van der Waals surface area contributed by atoms with E-state index in [2.05, 4.69) is 36.7 Å². The lowest BCUT2D eigenvalue weighted by Crippen LogP contribution is -2.45. The summed E-state index contributed by atoms with van der Waals surface area (Å²) in [6.07, 6.45) is 6.07. The SMILES string of the molecule is CC(C)[C@H](NC(=O)CCCCCN1C(=O)C=CC1=O)C(=O)C[C@@H](CCCNC(N)=O)C(=O)Nc1ccc(CC(C)(C)C)cc1. The Balaban J connectivity index is 1.95. The lowest BCUT2D eigenvalue weighted by molar-refractivity contribution is -0.137. The molecular formula is C33H49N5O6. The summed E-state index contributed by atoms with van der Waals surface area (Å²) in [5.41, 5.74) is 7.07. The molecule has 0 aliphatic carbocycles. The zero-order chi connectivity index (χ0) is 32.9. The molecule has 44 heavy (non-hydrogen) atoms. The van der Waals surface area contributed by atoms with Gasteiger partial charge in [-0.2, -0.15) is 0 Å². The van der Waals surface area contributed by atoms with Crippen LogP contribution in [0.4, 0.5) is 10.5 Å². The molecule has 1 heterocycles. The number of carbonyl (C=O) groups excluding carboxylic acids is 6.